The molecule has 0 rings (SSSR count). The lowest BCUT2D eigenvalue weighted by Crippen LogP contribution is -1.82. The van der Waals surface area contributed by atoms with E-state index in [-0.39, 0.29) is 0 Å². The lowest BCUT2D eigenvalue weighted by Gasteiger charge is -1.97. The Morgan fingerprint density at radius 1 is 1.40 bits per heavy atom. The van der Waals surface area contributed by atoms with Gasteiger partial charge in [-0.05, 0) is 11.1 Å². The van der Waals surface area contributed by atoms with Crippen molar-refractivity contribution >= 4 is 15.9 Å². The smallest absolute Gasteiger partial charge is 0.0282 e. The second kappa shape index (κ2) is 5.24. The van der Waals surface area contributed by atoms with Crippen LogP contribution < -0.4 is 0 Å². The molecule has 0 aromatic rings. The molecular formula is C9H11Br. The molecule has 0 saturated heterocycles. The van der Waals surface area contributed by atoms with Gasteiger partial charge in [0, 0.05) is 5.33 Å². The number of rotatable bonds is 4. The van der Waals surface area contributed by atoms with Crippen molar-refractivity contribution in [3.05, 3.63) is 49.1 Å². The lowest BCUT2D eigenvalue weighted by molar-refractivity contribution is 1.50. The van der Waals surface area contributed by atoms with Gasteiger partial charge in [-0.1, -0.05) is 53.9 Å². The first kappa shape index (κ1) is 9.44. The van der Waals surface area contributed by atoms with Crippen LogP contribution in [0.5, 0.6) is 0 Å². The zero-order valence-corrected chi connectivity index (χ0v) is 7.52. The molecule has 0 spiro atoms. The van der Waals surface area contributed by atoms with Gasteiger partial charge in [0.05, 0.1) is 0 Å². The van der Waals surface area contributed by atoms with Crippen LogP contribution in [0.1, 0.15) is 0 Å². The van der Waals surface area contributed by atoms with Crippen molar-refractivity contribution in [2.75, 3.05) is 5.33 Å². The minimum Gasteiger partial charge on any atom is -0.0991 e. The van der Waals surface area contributed by atoms with E-state index < -0.39 is 0 Å². The third-order valence-corrected chi connectivity index (χ3v) is 1.73. The van der Waals surface area contributed by atoms with Gasteiger partial charge >= 0.3 is 0 Å². The second-order valence-electron chi connectivity index (χ2n) is 1.86. The maximum Gasteiger partial charge on any atom is 0.0282 e. The molecule has 0 amide bonds. The van der Waals surface area contributed by atoms with Crippen molar-refractivity contribution in [2.45, 2.75) is 0 Å². The molecule has 0 atom stereocenters. The van der Waals surface area contributed by atoms with E-state index in [4.69, 9.17) is 0 Å². The van der Waals surface area contributed by atoms with Crippen LogP contribution in [0.15, 0.2) is 49.1 Å². The quantitative estimate of drug-likeness (QED) is 0.481. The fourth-order valence-corrected chi connectivity index (χ4v) is 0.748. The molecule has 0 aliphatic rings. The van der Waals surface area contributed by atoms with E-state index in [1.165, 1.54) is 0 Å². The molecule has 0 fully saturated rings. The van der Waals surface area contributed by atoms with Crippen molar-refractivity contribution in [1.82, 2.24) is 0 Å². The summed E-state index contributed by atoms with van der Waals surface area (Å²) in [5.74, 6) is 0. The summed E-state index contributed by atoms with van der Waals surface area (Å²) in [6, 6.07) is 0. The summed E-state index contributed by atoms with van der Waals surface area (Å²) >= 11 is 3.29. The van der Waals surface area contributed by atoms with Gasteiger partial charge in [-0.3, -0.25) is 0 Å². The van der Waals surface area contributed by atoms with Crippen molar-refractivity contribution in [1.29, 1.82) is 0 Å². The monoisotopic (exact) mass is 198 g/mol. The molecule has 0 radical (unpaired) electrons. The number of hydrogen-bond acceptors (Lipinski definition) is 0. The topological polar surface area (TPSA) is 0 Å². The first-order chi connectivity index (χ1) is 4.72. The summed E-state index contributed by atoms with van der Waals surface area (Å²) < 4.78 is 0. The summed E-state index contributed by atoms with van der Waals surface area (Å²) in [6.07, 6.45) is 5.44. The summed E-state index contributed by atoms with van der Waals surface area (Å²) in [4.78, 5) is 0. The molecule has 0 unspecified atom stereocenters. The molecule has 0 aromatic heterocycles. The predicted octanol–water partition coefficient (Wildman–Crippen LogP) is 3.24. The predicted molar refractivity (Wildman–Crippen MR) is 51.4 cm³/mol. The van der Waals surface area contributed by atoms with E-state index in [0.717, 1.165) is 16.5 Å². The van der Waals surface area contributed by atoms with Gasteiger partial charge in [-0.25, -0.2) is 0 Å². The Morgan fingerprint density at radius 2 is 2.00 bits per heavy atom. The minimum atomic E-state index is 0.771. The number of allylic oxidation sites excluding steroid dienone is 5. The molecule has 0 aliphatic heterocycles. The number of halogens is 1. The molecule has 54 valence electrons. The Hall–Kier alpha value is -0.560. The molecule has 0 N–H and O–H groups in total. The van der Waals surface area contributed by atoms with Crippen molar-refractivity contribution < 1.29 is 0 Å². The molecule has 0 saturated carbocycles. The van der Waals surface area contributed by atoms with Gasteiger partial charge < -0.3 is 0 Å². The van der Waals surface area contributed by atoms with Crippen LogP contribution >= 0.6 is 15.9 Å². The number of hydrogen-bond donors (Lipinski definition) is 0. The van der Waals surface area contributed by atoms with Crippen LogP contribution in [-0.2, 0) is 0 Å². The van der Waals surface area contributed by atoms with Crippen LogP contribution in [0.25, 0.3) is 0 Å². The zero-order valence-electron chi connectivity index (χ0n) is 5.94. The maximum atomic E-state index is 3.80. The highest BCUT2D eigenvalue weighted by Crippen LogP contribution is 2.08. The fraction of sp³-hybridized carbons (Fsp3) is 0.111. The molecule has 1 heteroatoms. The van der Waals surface area contributed by atoms with Gasteiger partial charge in [0.2, 0.25) is 0 Å². The first-order valence-electron chi connectivity index (χ1n) is 2.94. The van der Waals surface area contributed by atoms with E-state index in [1.54, 1.807) is 6.08 Å². The van der Waals surface area contributed by atoms with E-state index >= 15 is 0 Å². The Balaban J connectivity index is 3.97. The third kappa shape index (κ3) is 3.46. The van der Waals surface area contributed by atoms with Gasteiger partial charge in [0.25, 0.3) is 0 Å². The molecule has 0 aromatic carbocycles. The first-order valence-corrected chi connectivity index (χ1v) is 4.06. The van der Waals surface area contributed by atoms with Gasteiger partial charge in [0.15, 0.2) is 0 Å². The van der Waals surface area contributed by atoms with Gasteiger partial charge in [-0.15, -0.1) is 0 Å². The third-order valence-electron chi connectivity index (χ3n) is 1.05. The van der Waals surface area contributed by atoms with Crippen molar-refractivity contribution in [3.63, 3.8) is 0 Å². The average Bonchev–Trinajstić information content (AvgIpc) is 1.98. The van der Waals surface area contributed by atoms with E-state index in [2.05, 4.69) is 35.7 Å². The highest BCUT2D eigenvalue weighted by atomic mass is 79.9. The second-order valence-corrected chi connectivity index (χ2v) is 2.42. The lowest BCUT2D eigenvalue weighted by atomic mass is 10.1. The molecule has 0 nitrogen and oxygen atoms in total. The summed E-state index contributed by atoms with van der Waals surface area (Å²) in [7, 11) is 0. The Bertz CT molecular complexity index is 175. The average molecular weight is 199 g/mol. The van der Waals surface area contributed by atoms with Crippen LogP contribution in [0.3, 0.4) is 0 Å². The molecule has 0 heterocycles. The van der Waals surface area contributed by atoms with Crippen molar-refractivity contribution in [3.8, 4) is 0 Å². The Morgan fingerprint density at radius 3 is 2.40 bits per heavy atom. The van der Waals surface area contributed by atoms with Crippen LogP contribution in [0, 0.1) is 0 Å². The standard InChI is InChI=1S/C9H11Br/c1-4-5-6-8(2)9(3)7-10/h4-6H,1-3,7H2/b6-5-. The molecule has 10 heavy (non-hydrogen) atoms. The summed E-state index contributed by atoms with van der Waals surface area (Å²) in [5.41, 5.74) is 1.94. The highest BCUT2D eigenvalue weighted by molar-refractivity contribution is 9.09. The van der Waals surface area contributed by atoms with Gasteiger partial charge in [-0.2, -0.15) is 0 Å². The maximum absolute atomic E-state index is 3.80. The van der Waals surface area contributed by atoms with Crippen LogP contribution in [0.2, 0.25) is 0 Å². The normalized spacial score (nSPS) is 9.70. The zero-order chi connectivity index (χ0) is 7.98. The van der Waals surface area contributed by atoms with E-state index in [1.807, 2.05) is 12.2 Å². The van der Waals surface area contributed by atoms with Crippen LogP contribution in [-0.4, -0.2) is 5.33 Å². The largest absolute Gasteiger partial charge is 0.0991 e. The molecule has 0 bridgehead atoms. The summed E-state index contributed by atoms with van der Waals surface area (Å²) in [6.45, 7) is 11.1. The minimum absolute atomic E-state index is 0.771. The Labute approximate surface area is 70.8 Å². The molecular weight excluding hydrogens is 188 g/mol. The van der Waals surface area contributed by atoms with E-state index in [0.29, 0.717) is 0 Å². The van der Waals surface area contributed by atoms with Crippen LogP contribution in [0.4, 0.5) is 0 Å². The summed E-state index contributed by atoms with van der Waals surface area (Å²) in [5, 5.41) is 0.771. The highest BCUT2D eigenvalue weighted by Gasteiger charge is 1.90. The van der Waals surface area contributed by atoms with Gasteiger partial charge in [0.1, 0.15) is 0 Å². The Kier molecular flexibility index (Phi) is 4.95. The van der Waals surface area contributed by atoms with Crippen molar-refractivity contribution in [2.24, 2.45) is 0 Å². The number of alkyl halides is 1. The van der Waals surface area contributed by atoms with E-state index in [9.17, 15) is 0 Å². The SMILES string of the molecule is C=C/C=C\C(=C)C(=C)CBr. The fourth-order valence-electron chi connectivity index (χ4n) is 0.388. The molecule has 0 aliphatic carbocycles.